The second-order valence-electron chi connectivity index (χ2n) is 4.38. The van der Waals surface area contributed by atoms with Crippen LogP contribution in [-0.4, -0.2) is 18.6 Å². The molecule has 1 aromatic heterocycles. The standard InChI is InChI=1S/C14H10BrN3/c1-18-8-9(7-16)4-11-5-10-6-12(15)2-3-13(10)17-14(11)18/h2-6H,8H2,1H3. The highest BCUT2D eigenvalue weighted by atomic mass is 79.9. The Morgan fingerprint density at radius 3 is 3.00 bits per heavy atom. The number of aromatic nitrogens is 1. The minimum atomic E-state index is 0.624. The van der Waals surface area contributed by atoms with E-state index in [1.807, 2.05) is 36.2 Å². The first kappa shape index (κ1) is 11.2. The topological polar surface area (TPSA) is 39.9 Å². The summed E-state index contributed by atoms with van der Waals surface area (Å²) in [5.74, 6) is 0.934. The third kappa shape index (κ3) is 1.77. The molecule has 1 aromatic carbocycles. The zero-order valence-corrected chi connectivity index (χ0v) is 11.4. The van der Waals surface area contributed by atoms with Crippen LogP contribution >= 0.6 is 15.9 Å². The fraction of sp³-hybridized carbons (Fsp3) is 0.143. The maximum atomic E-state index is 9.02. The van der Waals surface area contributed by atoms with Gasteiger partial charge in [-0.3, -0.25) is 0 Å². The van der Waals surface area contributed by atoms with Gasteiger partial charge in [-0.25, -0.2) is 4.98 Å². The summed E-state index contributed by atoms with van der Waals surface area (Å²) in [5, 5.41) is 10.1. The molecule has 2 aromatic rings. The van der Waals surface area contributed by atoms with Gasteiger partial charge in [0.05, 0.1) is 18.1 Å². The van der Waals surface area contributed by atoms with Crippen LogP contribution in [0.1, 0.15) is 5.56 Å². The molecular formula is C14H10BrN3. The first-order valence-corrected chi connectivity index (χ1v) is 6.39. The molecule has 3 rings (SSSR count). The fourth-order valence-electron chi connectivity index (χ4n) is 2.20. The molecule has 0 saturated heterocycles. The van der Waals surface area contributed by atoms with Crippen LogP contribution in [0.4, 0.5) is 5.82 Å². The van der Waals surface area contributed by atoms with Gasteiger partial charge in [0.25, 0.3) is 0 Å². The highest BCUT2D eigenvalue weighted by molar-refractivity contribution is 9.10. The number of likely N-dealkylation sites (N-methyl/N-ethyl adjacent to an activating group) is 1. The molecule has 88 valence electrons. The monoisotopic (exact) mass is 299 g/mol. The van der Waals surface area contributed by atoms with Gasteiger partial charge in [-0.1, -0.05) is 15.9 Å². The van der Waals surface area contributed by atoms with Crippen LogP contribution in [0, 0.1) is 11.3 Å². The van der Waals surface area contributed by atoms with E-state index in [0.717, 1.165) is 32.3 Å². The summed E-state index contributed by atoms with van der Waals surface area (Å²) >= 11 is 3.46. The minimum Gasteiger partial charge on any atom is -0.354 e. The average Bonchev–Trinajstić information content (AvgIpc) is 2.36. The van der Waals surface area contributed by atoms with Crippen molar-refractivity contribution < 1.29 is 0 Å². The highest BCUT2D eigenvalue weighted by Crippen LogP contribution is 2.30. The summed E-state index contributed by atoms with van der Waals surface area (Å²) in [6, 6.07) is 10.3. The molecule has 0 N–H and O–H groups in total. The van der Waals surface area contributed by atoms with E-state index in [2.05, 4.69) is 33.0 Å². The SMILES string of the molecule is CN1CC(C#N)=Cc2cc3cc(Br)ccc3nc21. The summed E-state index contributed by atoms with van der Waals surface area (Å²) in [7, 11) is 1.96. The van der Waals surface area contributed by atoms with Crippen LogP contribution in [-0.2, 0) is 0 Å². The maximum absolute atomic E-state index is 9.02. The average molecular weight is 300 g/mol. The molecule has 4 heteroatoms. The Hall–Kier alpha value is -1.86. The lowest BCUT2D eigenvalue weighted by atomic mass is 10.0. The van der Waals surface area contributed by atoms with Crippen molar-refractivity contribution in [3.05, 3.63) is 39.9 Å². The molecular weight excluding hydrogens is 290 g/mol. The van der Waals surface area contributed by atoms with Crippen molar-refractivity contribution in [2.75, 3.05) is 18.5 Å². The molecule has 0 spiro atoms. The number of halogens is 1. The van der Waals surface area contributed by atoms with E-state index in [0.29, 0.717) is 6.54 Å². The van der Waals surface area contributed by atoms with Crippen LogP contribution < -0.4 is 4.90 Å². The first-order chi connectivity index (χ1) is 8.67. The molecule has 3 nitrogen and oxygen atoms in total. The number of rotatable bonds is 0. The van der Waals surface area contributed by atoms with Gasteiger partial charge in [-0.05, 0) is 30.3 Å². The van der Waals surface area contributed by atoms with E-state index in [9.17, 15) is 0 Å². The Morgan fingerprint density at radius 1 is 1.39 bits per heavy atom. The van der Waals surface area contributed by atoms with E-state index in [4.69, 9.17) is 5.26 Å². The third-order valence-electron chi connectivity index (χ3n) is 3.03. The summed E-state index contributed by atoms with van der Waals surface area (Å²) < 4.78 is 1.03. The summed E-state index contributed by atoms with van der Waals surface area (Å²) in [6.07, 6.45) is 1.92. The Labute approximate surface area is 113 Å². The summed E-state index contributed by atoms with van der Waals surface area (Å²) in [4.78, 5) is 6.67. The largest absolute Gasteiger partial charge is 0.354 e. The first-order valence-electron chi connectivity index (χ1n) is 5.59. The minimum absolute atomic E-state index is 0.624. The van der Waals surface area contributed by atoms with E-state index >= 15 is 0 Å². The van der Waals surface area contributed by atoms with Crippen LogP contribution in [0.5, 0.6) is 0 Å². The van der Waals surface area contributed by atoms with E-state index in [1.54, 1.807) is 0 Å². The normalized spacial score (nSPS) is 14.1. The summed E-state index contributed by atoms with van der Waals surface area (Å²) in [5.41, 5.74) is 2.74. The van der Waals surface area contributed by atoms with Gasteiger partial charge in [0, 0.05) is 28.0 Å². The molecule has 0 bridgehead atoms. The van der Waals surface area contributed by atoms with Crippen molar-refractivity contribution in [3.8, 4) is 6.07 Å². The van der Waals surface area contributed by atoms with Crippen molar-refractivity contribution in [1.29, 1.82) is 5.26 Å². The number of hydrogen-bond donors (Lipinski definition) is 0. The predicted octanol–water partition coefficient (Wildman–Crippen LogP) is 3.35. The quantitative estimate of drug-likeness (QED) is 0.749. The second-order valence-corrected chi connectivity index (χ2v) is 5.29. The van der Waals surface area contributed by atoms with Crippen LogP contribution in [0.2, 0.25) is 0 Å². The third-order valence-corrected chi connectivity index (χ3v) is 3.52. The lowest BCUT2D eigenvalue weighted by molar-refractivity contribution is 0.964. The van der Waals surface area contributed by atoms with Gasteiger partial charge in [0.15, 0.2) is 0 Å². The molecule has 0 saturated carbocycles. The fourth-order valence-corrected chi connectivity index (χ4v) is 2.58. The van der Waals surface area contributed by atoms with Gasteiger partial charge in [-0.15, -0.1) is 0 Å². The lowest BCUT2D eigenvalue weighted by Gasteiger charge is -2.24. The number of benzene rings is 1. The summed E-state index contributed by atoms with van der Waals surface area (Å²) in [6.45, 7) is 0.624. The molecule has 0 aliphatic carbocycles. The van der Waals surface area contributed by atoms with Crippen LogP contribution in [0.3, 0.4) is 0 Å². The molecule has 18 heavy (non-hydrogen) atoms. The van der Waals surface area contributed by atoms with Crippen LogP contribution in [0.15, 0.2) is 34.3 Å². The smallest absolute Gasteiger partial charge is 0.136 e. The van der Waals surface area contributed by atoms with Gasteiger partial charge >= 0.3 is 0 Å². The molecule has 1 aliphatic rings. The van der Waals surface area contributed by atoms with Crippen molar-refractivity contribution in [1.82, 2.24) is 4.98 Å². The number of nitrogens with zero attached hydrogens (tertiary/aromatic N) is 3. The van der Waals surface area contributed by atoms with Gasteiger partial charge < -0.3 is 4.90 Å². The number of anilines is 1. The molecule has 0 atom stereocenters. The number of nitriles is 1. The Balaban J connectivity index is 2.28. The zero-order valence-electron chi connectivity index (χ0n) is 9.81. The molecule has 0 radical (unpaired) electrons. The molecule has 0 unspecified atom stereocenters. The molecule has 1 aliphatic heterocycles. The number of fused-ring (bicyclic) bond motifs is 2. The Morgan fingerprint density at radius 2 is 2.22 bits per heavy atom. The van der Waals surface area contributed by atoms with Gasteiger partial charge in [0.2, 0.25) is 0 Å². The Kier molecular flexibility index (Phi) is 2.57. The predicted molar refractivity (Wildman–Crippen MR) is 76.3 cm³/mol. The lowest BCUT2D eigenvalue weighted by Crippen LogP contribution is -2.24. The van der Waals surface area contributed by atoms with E-state index < -0.39 is 0 Å². The van der Waals surface area contributed by atoms with E-state index in [1.165, 1.54) is 0 Å². The maximum Gasteiger partial charge on any atom is 0.136 e. The Bertz CT molecular complexity index is 713. The molecule has 0 amide bonds. The van der Waals surface area contributed by atoms with Crippen molar-refractivity contribution in [2.45, 2.75) is 0 Å². The highest BCUT2D eigenvalue weighted by Gasteiger charge is 2.16. The second kappa shape index (κ2) is 4.11. The van der Waals surface area contributed by atoms with Gasteiger partial charge in [-0.2, -0.15) is 5.26 Å². The zero-order chi connectivity index (χ0) is 12.7. The molecule has 2 heterocycles. The number of hydrogen-bond acceptors (Lipinski definition) is 3. The van der Waals surface area contributed by atoms with Gasteiger partial charge in [0.1, 0.15) is 5.82 Å². The van der Waals surface area contributed by atoms with E-state index in [-0.39, 0.29) is 0 Å². The molecule has 0 fully saturated rings. The van der Waals surface area contributed by atoms with Crippen molar-refractivity contribution >= 4 is 38.7 Å². The van der Waals surface area contributed by atoms with Crippen LogP contribution in [0.25, 0.3) is 17.0 Å². The number of pyridine rings is 1. The van der Waals surface area contributed by atoms with Crippen molar-refractivity contribution in [3.63, 3.8) is 0 Å². The van der Waals surface area contributed by atoms with Crippen molar-refractivity contribution in [2.24, 2.45) is 0 Å².